The number of ether oxygens (including phenoxy) is 1. The zero-order valence-electron chi connectivity index (χ0n) is 13.8. The lowest BCUT2D eigenvalue weighted by Gasteiger charge is -2.16. The van der Waals surface area contributed by atoms with Gasteiger partial charge in [-0.1, -0.05) is 73.4 Å². The quantitative estimate of drug-likeness (QED) is 0.253. The van der Waals surface area contributed by atoms with E-state index in [1.165, 1.54) is 19.3 Å². The van der Waals surface area contributed by atoms with Gasteiger partial charge in [-0.25, -0.2) is 8.42 Å². The molecule has 0 radical (unpaired) electrons. The fourth-order valence-electron chi connectivity index (χ4n) is 3.70. The molecular formula is C18H23IO4S. The molecule has 0 N–H and O–H groups in total. The summed E-state index contributed by atoms with van der Waals surface area (Å²) in [6.45, 7) is 2.17. The fraction of sp³-hybridized carbons (Fsp3) is 0.611. The van der Waals surface area contributed by atoms with Crippen LogP contribution in [0.3, 0.4) is 0 Å². The van der Waals surface area contributed by atoms with E-state index >= 15 is 0 Å². The Morgan fingerprint density at radius 2 is 1.83 bits per heavy atom. The highest BCUT2D eigenvalue weighted by Crippen LogP contribution is 2.69. The monoisotopic (exact) mass is 462 g/mol. The molecule has 2 aliphatic rings. The van der Waals surface area contributed by atoms with Crippen molar-refractivity contribution < 1.29 is 17.9 Å². The fourth-order valence-corrected chi connectivity index (χ4v) is 8.24. The number of alkyl halides is 1. The second kappa shape index (κ2) is 6.59. The molecule has 6 heteroatoms. The zero-order valence-corrected chi connectivity index (χ0v) is 16.8. The summed E-state index contributed by atoms with van der Waals surface area (Å²) in [7, 11) is -3.73. The number of hydrogen-bond donors (Lipinski definition) is 0. The highest BCUT2D eigenvalue weighted by Gasteiger charge is 2.86. The maximum absolute atomic E-state index is 13.1. The third-order valence-corrected chi connectivity index (χ3v) is 10.1. The van der Waals surface area contributed by atoms with Crippen molar-refractivity contribution in [3.8, 4) is 0 Å². The SMILES string of the molecule is CCCCCCC[C@@H]1OC(=O)[C@]2(S(=O)(=O)c3ccccc3)C[C@]12I. The van der Waals surface area contributed by atoms with Gasteiger partial charge in [-0.05, 0) is 31.4 Å². The number of hydrogen-bond acceptors (Lipinski definition) is 4. The molecule has 0 unspecified atom stereocenters. The first kappa shape index (κ1) is 18.2. The van der Waals surface area contributed by atoms with Gasteiger partial charge in [-0.2, -0.15) is 0 Å². The van der Waals surface area contributed by atoms with Crippen molar-refractivity contribution in [2.45, 2.75) is 71.0 Å². The van der Waals surface area contributed by atoms with Crippen LogP contribution in [0.1, 0.15) is 51.9 Å². The average molecular weight is 462 g/mol. The second-order valence-corrected chi connectivity index (χ2v) is 10.9. The van der Waals surface area contributed by atoms with Gasteiger partial charge in [0.25, 0.3) is 0 Å². The highest BCUT2D eigenvalue weighted by atomic mass is 127. The van der Waals surface area contributed by atoms with Crippen LogP contribution in [0.5, 0.6) is 0 Å². The van der Waals surface area contributed by atoms with Gasteiger partial charge in [-0.3, -0.25) is 4.79 Å². The van der Waals surface area contributed by atoms with Crippen LogP contribution in [0.2, 0.25) is 0 Å². The van der Waals surface area contributed by atoms with E-state index in [-0.39, 0.29) is 11.0 Å². The van der Waals surface area contributed by atoms with E-state index in [1.807, 2.05) is 0 Å². The van der Waals surface area contributed by atoms with Crippen LogP contribution in [0.4, 0.5) is 0 Å². The van der Waals surface area contributed by atoms with E-state index in [2.05, 4.69) is 29.5 Å². The summed E-state index contributed by atoms with van der Waals surface area (Å²) >= 11 is 2.17. The molecule has 1 saturated carbocycles. The van der Waals surface area contributed by atoms with E-state index in [4.69, 9.17) is 4.74 Å². The van der Waals surface area contributed by atoms with Gasteiger partial charge in [0.1, 0.15) is 6.10 Å². The van der Waals surface area contributed by atoms with Gasteiger partial charge >= 0.3 is 5.97 Å². The Kier molecular flexibility index (Phi) is 4.99. The average Bonchev–Trinajstić information content (AvgIpc) is 3.17. The van der Waals surface area contributed by atoms with Crippen molar-refractivity contribution in [2.75, 3.05) is 0 Å². The Labute approximate surface area is 157 Å². The third kappa shape index (κ3) is 2.60. The molecule has 1 saturated heterocycles. The molecule has 2 fully saturated rings. The summed E-state index contributed by atoms with van der Waals surface area (Å²) in [6.07, 6.45) is 6.50. The van der Waals surface area contributed by atoms with Gasteiger partial charge in [-0.15, -0.1) is 0 Å². The number of fused-ring (bicyclic) bond motifs is 1. The number of cyclic esters (lactones) is 1. The Morgan fingerprint density at radius 1 is 1.17 bits per heavy atom. The largest absolute Gasteiger partial charge is 0.460 e. The van der Waals surface area contributed by atoms with Crippen molar-refractivity contribution in [1.82, 2.24) is 0 Å². The number of esters is 1. The lowest BCUT2D eigenvalue weighted by Crippen LogP contribution is -2.35. The minimum absolute atomic E-state index is 0.212. The molecule has 0 aromatic heterocycles. The molecule has 1 aromatic rings. The molecule has 0 spiro atoms. The summed E-state index contributed by atoms with van der Waals surface area (Å²) in [5.41, 5.74) is 0. The van der Waals surface area contributed by atoms with Gasteiger partial charge in [0.05, 0.1) is 8.32 Å². The number of carbonyl (C=O) groups is 1. The molecule has 0 bridgehead atoms. The van der Waals surface area contributed by atoms with Crippen LogP contribution in [-0.2, 0) is 19.4 Å². The second-order valence-electron chi connectivity index (χ2n) is 6.78. The van der Waals surface area contributed by atoms with Crippen LogP contribution >= 0.6 is 22.6 Å². The van der Waals surface area contributed by atoms with E-state index in [0.717, 1.165) is 19.3 Å². The number of sulfone groups is 1. The van der Waals surface area contributed by atoms with E-state index in [1.54, 1.807) is 30.3 Å². The molecule has 3 rings (SSSR count). The lowest BCUT2D eigenvalue weighted by atomic mass is 10.1. The summed E-state index contributed by atoms with van der Waals surface area (Å²) in [5.74, 6) is -0.556. The van der Waals surface area contributed by atoms with Crippen molar-refractivity contribution in [3.05, 3.63) is 30.3 Å². The van der Waals surface area contributed by atoms with Gasteiger partial charge in [0.2, 0.25) is 0 Å². The van der Waals surface area contributed by atoms with Crippen LogP contribution in [0.15, 0.2) is 35.2 Å². The molecule has 0 amide bonds. The maximum atomic E-state index is 13.1. The molecule has 1 aliphatic carbocycles. The lowest BCUT2D eigenvalue weighted by molar-refractivity contribution is -0.144. The Hall–Kier alpha value is -0.630. The number of carbonyl (C=O) groups excluding carboxylic acids is 1. The number of rotatable bonds is 8. The van der Waals surface area contributed by atoms with Crippen LogP contribution in [0, 0.1) is 0 Å². The molecular weight excluding hydrogens is 439 g/mol. The smallest absolute Gasteiger partial charge is 0.329 e. The summed E-state index contributed by atoms with van der Waals surface area (Å²) < 4.78 is 29.7. The van der Waals surface area contributed by atoms with Crippen molar-refractivity contribution in [2.24, 2.45) is 0 Å². The first-order valence-corrected chi connectivity index (χ1v) is 11.2. The topological polar surface area (TPSA) is 60.4 Å². The summed E-state index contributed by atoms with van der Waals surface area (Å²) in [5, 5.41) is 0. The summed E-state index contributed by atoms with van der Waals surface area (Å²) in [6, 6.07) is 8.27. The Balaban J connectivity index is 1.76. The first-order valence-electron chi connectivity index (χ1n) is 8.60. The molecule has 1 aromatic carbocycles. The van der Waals surface area contributed by atoms with E-state index in [0.29, 0.717) is 6.42 Å². The van der Waals surface area contributed by atoms with Crippen LogP contribution < -0.4 is 0 Å². The van der Waals surface area contributed by atoms with E-state index < -0.39 is 24.0 Å². The molecule has 1 heterocycles. The normalized spacial score (nSPS) is 31.6. The van der Waals surface area contributed by atoms with Gasteiger partial charge < -0.3 is 4.74 Å². The molecule has 3 atom stereocenters. The molecule has 4 nitrogen and oxygen atoms in total. The highest BCUT2D eigenvalue weighted by molar-refractivity contribution is 14.1. The maximum Gasteiger partial charge on any atom is 0.329 e. The van der Waals surface area contributed by atoms with Crippen molar-refractivity contribution in [3.63, 3.8) is 0 Å². The Morgan fingerprint density at radius 3 is 2.46 bits per heavy atom. The third-order valence-electron chi connectivity index (χ3n) is 5.22. The minimum Gasteiger partial charge on any atom is -0.460 e. The predicted molar refractivity (Wildman–Crippen MR) is 101 cm³/mol. The standard InChI is InChI=1S/C18H23IO4S/c1-2-3-4-5-9-12-15-17(19)13-18(17,16(20)23-15)24(21,22)14-10-7-6-8-11-14/h6-8,10-11,15H,2-5,9,12-13H2,1H3/t15-,17-,18+/m0/s1. The van der Waals surface area contributed by atoms with E-state index in [9.17, 15) is 13.2 Å². The molecule has 132 valence electrons. The number of halogens is 1. The Bertz CT molecular complexity index is 718. The molecule has 1 aliphatic heterocycles. The summed E-state index contributed by atoms with van der Waals surface area (Å²) in [4.78, 5) is 12.7. The van der Waals surface area contributed by atoms with Crippen LogP contribution in [0.25, 0.3) is 0 Å². The molecule has 24 heavy (non-hydrogen) atoms. The van der Waals surface area contributed by atoms with Gasteiger partial charge in [0, 0.05) is 0 Å². The zero-order chi connectivity index (χ0) is 17.4. The predicted octanol–water partition coefficient (Wildman–Crippen LogP) is 4.06. The van der Waals surface area contributed by atoms with Crippen molar-refractivity contribution in [1.29, 1.82) is 0 Å². The first-order chi connectivity index (χ1) is 11.4. The van der Waals surface area contributed by atoms with Gasteiger partial charge in [0.15, 0.2) is 14.6 Å². The number of unbranched alkanes of at least 4 members (excludes halogenated alkanes) is 4. The minimum atomic E-state index is -3.73. The van der Waals surface area contributed by atoms with Crippen molar-refractivity contribution >= 4 is 38.4 Å². The number of benzene rings is 1. The van der Waals surface area contributed by atoms with Crippen LogP contribution in [-0.4, -0.2) is 28.7 Å².